The molecule has 188 valence electrons. The lowest BCUT2D eigenvalue weighted by Gasteiger charge is -2.14. The van der Waals surface area contributed by atoms with E-state index in [1.54, 1.807) is 24.3 Å². The maximum atomic E-state index is 12.7. The summed E-state index contributed by atoms with van der Waals surface area (Å²) in [6.45, 7) is 6.24. The summed E-state index contributed by atoms with van der Waals surface area (Å²) >= 11 is 0. The molecule has 5 nitrogen and oxygen atoms in total. The van der Waals surface area contributed by atoms with Crippen LogP contribution in [0.15, 0.2) is 42.5 Å². The molecule has 0 saturated heterocycles. The molecule has 1 amide bonds. The molecule has 0 aliphatic heterocycles. The van der Waals surface area contributed by atoms with Crippen LogP contribution < -0.4 is 14.8 Å². The number of carbonyl (C=O) groups is 1. The number of unbranched alkanes of at least 4 members (excludes halogenated alkanes) is 8. The van der Waals surface area contributed by atoms with Gasteiger partial charge in [0.25, 0.3) is 5.91 Å². The van der Waals surface area contributed by atoms with Crippen molar-refractivity contribution < 1.29 is 19.4 Å². The standard InChI is InChI=1S/C29H43NO4/c1-3-5-7-9-11-21-33-27-18-15-25(23-28(27)34-22-12-10-8-6-4-2)29(32)30-20-19-24-13-16-26(31)17-14-24/h13-18,23,31H,3-12,19-22H2,1-2H3,(H,30,32). The minimum absolute atomic E-state index is 0.127. The zero-order chi connectivity index (χ0) is 24.4. The second kappa shape index (κ2) is 16.9. The van der Waals surface area contributed by atoms with Crippen molar-refractivity contribution in [3.8, 4) is 17.2 Å². The second-order valence-electron chi connectivity index (χ2n) is 8.86. The summed E-state index contributed by atoms with van der Waals surface area (Å²) in [5.41, 5.74) is 1.63. The molecule has 34 heavy (non-hydrogen) atoms. The lowest BCUT2D eigenvalue weighted by molar-refractivity contribution is 0.0953. The Morgan fingerprint density at radius 3 is 1.97 bits per heavy atom. The number of hydrogen-bond donors (Lipinski definition) is 2. The topological polar surface area (TPSA) is 67.8 Å². The van der Waals surface area contributed by atoms with Gasteiger partial charge in [-0.15, -0.1) is 0 Å². The van der Waals surface area contributed by atoms with Crippen LogP contribution >= 0.6 is 0 Å². The zero-order valence-electron chi connectivity index (χ0n) is 21.1. The van der Waals surface area contributed by atoms with Crippen LogP contribution in [0.3, 0.4) is 0 Å². The number of phenolic OH excluding ortho intramolecular Hbond substituents is 1. The van der Waals surface area contributed by atoms with Crippen LogP contribution in [0.1, 0.15) is 94.0 Å². The number of phenols is 1. The molecule has 0 unspecified atom stereocenters. The van der Waals surface area contributed by atoms with Crippen molar-refractivity contribution in [1.82, 2.24) is 5.32 Å². The van der Waals surface area contributed by atoms with Crippen LogP contribution in [0.2, 0.25) is 0 Å². The average Bonchev–Trinajstić information content (AvgIpc) is 2.85. The van der Waals surface area contributed by atoms with Gasteiger partial charge in [0.1, 0.15) is 5.75 Å². The lowest BCUT2D eigenvalue weighted by Crippen LogP contribution is -2.25. The van der Waals surface area contributed by atoms with E-state index in [4.69, 9.17) is 9.47 Å². The van der Waals surface area contributed by atoms with Crippen molar-refractivity contribution in [2.24, 2.45) is 0 Å². The Bertz CT molecular complexity index is 819. The summed E-state index contributed by atoms with van der Waals surface area (Å²) in [7, 11) is 0. The van der Waals surface area contributed by atoms with Gasteiger partial charge in [-0.25, -0.2) is 0 Å². The van der Waals surface area contributed by atoms with Crippen LogP contribution in [0.5, 0.6) is 17.2 Å². The Balaban J connectivity index is 1.90. The third kappa shape index (κ3) is 11.0. The van der Waals surface area contributed by atoms with E-state index < -0.39 is 0 Å². The molecule has 5 heteroatoms. The van der Waals surface area contributed by atoms with E-state index >= 15 is 0 Å². The molecule has 2 aromatic rings. The smallest absolute Gasteiger partial charge is 0.251 e. The molecule has 0 aliphatic rings. The van der Waals surface area contributed by atoms with E-state index in [1.165, 1.54) is 44.9 Å². The monoisotopic (exact) mass is 469 g/mol. The van der Waals surface area contributed by atoms with Gasteiger partial charge in [0.15, 0.2) is 11.5 Å². The van der Waals surface area contributed by atoms with Gasteiger partial charge in [-0.05, 0) is 55.2 Å². The Morgan fingerprint density at radius 1 is 0.765 bits per heavy atom. The van der Waals surface area contributed by atoms with Crippen LogP contribution in [0.25, 0.3) is 0 Å². The molecule has 2 N–H and O–H groups in total. The molecule has 0 atom stereocenters. The Morgan fingerprint density at radius 2 is 1.35 bits per heavy atom. The molecule has 0 saturated carbocycles. The summed E-state index contributed by atoms with van der Waals surface area (Å²) in [6.07, 6.45) is 12.5. The third-order valence-electron chi connectivity index (χ3n) is 5.85. The van der Waals surface area contributed by atoms with Gasteiger partial charge in [-0.3, -0.25) is 4.79 Å². The van der Waals surface area contributed by atoms with Crippen molar-refractivity contribution >= 4 is 5.91 Å². The van der Waals surface area contributed by atoms with Gasteiger partial charge in [0.2, 0.25) is 0 Å². The zero-order valence-corrected chi connectivity index (χ0v) is 21.1. The summed E-state index contributed by atoms with van der Waals surface area (Å²) in [5.74, 6) is 1.48. The van der Waals surface area contributed by atoms with Gasteiger partial charge in [-0.2, -0.15) is 0 Å². The van der Waals surface area contributed by atoms with Gasteiger partial charge < -0.3 is 19.9 Å². The van der Waals surface area contributed by atoms with Crippen LogP contribution in [-0.4, -0.2) is 30.8 Å². The number of hydrogen-bond acceptors (Lipinski definition) is 4. The number of amides is 1. The lowest BCUT2D eigenvalue weighted by atomic mass is 10.1. The molecule has 0 aliphatic carbocycles. The summed E-state index contributed by atoms with van der Waals surface area (Å²) < 4.78 is 12.1. The van der Waals surface area contributed by atoms with Gasteiger partial charge in [-0.1, -0.05) is 77.3 Å². The van der Waals surface area contributed by atoms with Crippen LogP contribution in [0, 0.1) is 0 Å². The minimum atomic E-state index is -0.127. The highest BCUT2D eigenvalue weighted by Gasteiger charge is 2.12. The van der Waals surface area contributed by atoms with E-state index in [0.717, 1.165) is 24.8 Å². The van der Waals surface area contributed by atoms with Crippen molar-refractivity contribution in [2.75, 3.05) is 19.8 Å². The van der Waals surface area contributed by atoms with Gasteiger partial charge >= 0.3 is 0 Å². The second-order valence-corrected chi connectivity index (χ2v) is 8.86. The molecular formula is C29H43NO4. The van der Waals surface area contributed by atoms with Crippen LogP contribution in [-0.2, 0) is 6.42 Å². The predicted octanol–water partition coefficient (Wildman–Crippen LogP) is 7.06. The first-order chi connectivity index (χ1) is 16.6. The van der Waals surface area contributed by atoms with Crippen molar-refractivity contribution in [2.45, 2.75) is 84.5 Å². The summed E-state index contributed by atoms with van der Waals surface area (Å²) in [5, 5.41) is 12.4. The van der Waals surface area contributed by atoms with Crippen molar-refractivity contribution in [3.63, 3.8) is 0 Å². The summed E-state index contributed by atoms with van der Waals surface area (Å²) in [4.78, 5) is 12.7. The first-order valence-electron chi connectivity index (χ1n) is 13.1. The Kier molecular flexibility index (Phi) is 13.7. The van der Waals surface area contributed by atoms with Gasteiger partial charge in [0, 0.05) is 12.1 Å². The third-order valence-corrected chi connectivity index (χ3v) is 5.85. The van der Waals surface area contributed by atoms with E-state index in [0.29, 0.717) is 43.2 Å². The molecule has 2 rings (SSSR count). The van der Waals surface area contributed by atoms with E-state index in [-0.39, 0.29) is 11.7 Å². The molecule has 0 bridgehead atoms. The SMILES string of the molecule is CCCCCCCOc1ccc(C(=O)NCCc2ccc(O)cc2)cc1OCCCCCCC. The highest BCUT2D eigenvalue weighted by Crippen LogP contribution is 2.29. The quantitative estimate of drug-likeness (QED) is 0.229. The summed E-state index contributed by atoms with van der Waals surface area (Å²) in [6, 6.07) is 12.5. The molecule has 0 radical (unpaired) electrons. The van der Waals surface area contributed by atoms with Crippen molar-refractivity contribution in [1.29, 1.82) is 0 Å². The van der Waals surface area contributed by atoms with E-state index in [1.807, 2.05) is 18.2 Å². The molecule has 0 spiro atoms. The molecule has 0 fully saturated rings. The first kappa shape index (κ1) is 27.6. The maximum absolute atomic E-state index is 12.7. The fourth-order valence-electron chi connectivity index (χ4n) is 3.74. The highest BCUT2D eigenvalue weighted by atomic mass is 16.5. The fraction of sp³-hybridized carbons (Fsp3) is 0.552. The molecular weight excluding hydrogens is 426 g/mol. The van der Waals surface area contributed by atoms with E-state index in [9.17, 15) is 9.90 Å². The Hall–Kier alpha value is -2.69. The van der Waals surface area contributed by atoms with Crippen molar-refractivity contribution in [3.05, 3.63) is 53.6 Å². The first-order valence-corrected chi connectivity index (χ1v) is 13.1. The van der Waals surface area contributed by atoms with Gasteiger partial charge in [0.05, 0.1) is 13.2 Å². The Labute approximate surface area is 205 Å². The van der Waals surface area contributed by atoms with E-state index in [2.05, 4.69) is 19.2 Å². The number of benzene rings is 2. The average molecular weight is 470 g/mol. The predicted molar refractivity (Wildman–Crippen MR) is 139 cm³/mol. The highest BCUT2D eigenvalue weighted by molar-refractivity contribution is 5.94. The number of nitrogens with one attached hydrogen (secondary N) is 1. The minimum Gasteiger partial charge on any atom is -0.508 e. The molecule has 0 heterocycles. The number of rotatable bonds is 18. The number of carbonyl (C=O) groups excluding carboxylic acids is 1. The van der Waals surface area contributed by atoms with Crippen LogP contribution in [0.4, 0.5) is 0 Å². The normalized spacial score (nSPS) is 10.8. The number of aromatic hydroxyl groups is 1. The largest absolute Gasteiger partial charge is 0.508 e. The molecule has 0 aromatic heterocycles. The number of ether oxygens (including phenoxy) is 2. The fourth-order valence-corrected chi connectivity index (χ4v) is 3.74. The maximum Gasteiger partial charge on any atom is 0.251 e. The molecule has 2 aromatic carbocycles.